The first-order valence-electron chi connectivity index (χ1n) is 8.60. The molecule has 0 atom stereocenters. The minimum atomic E-state index is -1.10. The summed E-state index contributed by atoms with van der Waals surface area (Å²) in [6.45, 7) is 3.59. The van der Waals surface area contributed by atoms with Gasteiger partial charge in [-0.1, -0.05) is 25.7 Å². The van der Waals surface area contributed by atoms with Crippen molar-refractivity contribution in [1.29, 1.82) is 0 Å². The number of benzene rings is 2. The van der Waals surface area contributed by atoms with Gasteiger partial charge in [-0.05, 0) is 36.4 Å². The van der Waals surface area contributed by atoms with Crippen molar-refractivity contribution in [2.75, 3.05) is 13.2 Å². The fraction of sp³-hybridized carbons (Fsp3) is 0.217. The van der Waals surface area contributed by atoms with Gasteiger partial charge in [-0.25, -0.2) is 9.59 Å². The molecule has 6 nitrogen and oxygen atoms in total. The molecule has 0 heterocycles. The molecule has 2 N–H and O–H groups in total. The number of aromatic carboxylic acids is 2. The maximum Gasteiger partial charge on any atom is 0.335 e. The monoisotopic (exact) mass is 392 g/mol. The van der Waals surface area contributed by atoms with Crippen LogP contribution in [0, 0.1) is 24.7 Å². The fourth-order valence-electron chi connectivity index (χ4n) is 2.94. The number of ether oxygens (including phenoxy) is 2. The van der Waals surface area contributed by atoms with Crippen LogP contribution in [0.5, 0.6) is 11.5 Å². The average molecular weight is 392 g/mol. The zero-order chi connectivity index (χ0) is 21.6. The Bertz CT molecular complexity index is 939. The molecule has 0 aliphatic carbocycles. The van der Waals surface area contributed by atoms with Crippen molar-refractivity contribution in [3.63, 3.8) is 0 Å². The molecule has 29 heavy (non-hydrogen) atoms. The van der Waals surface area contributed by atoms with Crippen molar-refractivity contribution in [2.45, 2.75) is 19.3 Å². The maximum atomic E-state index is 11.5. The first-order chi connectivity index (χ1) is 13.7. The van der Waals surface area contributed by atoms with Crippen molar-refractivity contribution >= 4 is 11.9 Å². The van der Waals surface area contributed by atoms with Gasteiger partial charge in [0.15, 0.2) is 0 Å². The van der Waals surface area contributed by atoms with E-state index < -0.39 is 17.4 Å². The number of carboxylic acids is 2. The molecule has 148 valence electrons. The van der Waals surface area contributed by atoms with E-state index >= 15 is 0 Å². The minimum absolute atomic E-state index is 0.00882. The third-order valence-electron chi connectivity index (χ3n) is 4.42. The molecule has 0 aliphatic rings. The first-order valence-corrected chi connectivity index (χ1v) is 8.60. The first kappa shape index (κ1) is 21.4. The number of terminal acetylenes is 2. The van der Waals surface area contributed by atoms with Gasteiger partial charge in [0.05, 0.1) is 11.1 Å². The molecule has 0 unspecified atom stereocenters. The Kier molecular flexibility index (Phi) is 6.54. The number of carboxylic acid groups (broad SMARTS) is 2. The Morgan fingerprint density at radius 3 is 1.55 bits per heavy atom. The van der Waals surface area contributed by atoms with E-state index in [1.165, 1.54) is 36.4 Å². The van der Waals surface area contributed by atoms with Crippen LogP contribution in [0.2, 0.25) is 0 Å². The van der Waals surface area contributed by atoms with Crippen molar-refractivity contribution < 1.29 is 29.3 Å². The lowest BCUT2D eigenvalue weighted by Gasteiger charge is -2.30. The lowest BCUT2D eigenvalue weighted by molar-refractivity contribution is 0.0686. The molecule has 0 spiro atoms. The predicted octanol–water partition coefficient (Wildman–Crippen LogP) is 3.43. The second-order valence-corrected chi connectivity index (χ2v) is 6.64. The molecule has 2 aromatic carbocycles. The van der Waals surface area contributed by atoms with Gasteiger partial charge in [0.1, 0.15) is 24.7 Å². The molecule has 0 amide bonds. The van der Waals surface area contributed by atoms with E-state index in [1.54, 1.807) is 13.8 Å². The summed E-state index contributed by atoms with van der Waals surface area (Å²) in [6.07, 6.45) is 10.6. The Balaban J connectivity index is 2.72. The van der Waals surface area contributed by atoms with Crippen LogP contribution >= 0.6 is 0 Å². The van der Waals surface area contributed by atoms with Gasteiger partial charge in [0, 0.05) is 16.5 Å². The molecule has 0 aliphatic heterocycles. The topological polar surface area (TPSA) is 93.1 Å². The summed E-state index contributed by atoms with van der Waals surface area (Å²) >= 11 is 0. The van der Waals surface area contributed by atoms with Gasteiger partial charge in [-0.15, -0.1) is 12.8 Å². The van der Waals surface area contributed by atoms with Crippen molar-refractivity contribution in [2.24, 2.45) is 0 Å². The molecule has 0 saturated heterocycles. The molecule has 6 heteroatoms. The standard InChI is InChI=1S/C23H20O6/c1-5-11-28-19-9-7-15(21(24)25)13-17(19)23(3,4)18-14-16(22(26)27)8-10-20(18)29-12-6-2/h1-2,7-10,13-14H,11-12H2,3-4H3,(H,24,25)(H,26,27). The van der Waals surface area contributed by atoms with E-state index in [2.05, 4.69) is 11.8 Å². The quantitative estimate of drug-likeness (QED) is 0.669. The molecule has 0 aromatic heterocycles. The Labute approximate surface area is 169 Å². The highest BCUT2D eigenvalue weighted by Gasteiger charge is 2.31. The zero-order valence-electron chi connectivity index (χ0n) is 16.1. The highest BCUT2D eigenvalue weighted by molar-refractivity contribution is 5.89. The largest absolute Gasteiger partial charge is 0.481 e. The average Bonchev–Trinajstić information content (AvgIpc) is 2.70. The molecule has 0 fully saturated rings. The van der Waals surface area contributed by atoms with E-state index in [4.69, 9.17) is 22.3 Å². The van der Waals surface area contributed by atoms with Gasteiger partial charge in [0.25, 0.3) is 0 Å². The number of hydrogen-bond donors (Lipinski definition) is 2. The van der Waals surface area contributed by atoms with Crippen molar-refractivity contribution in [3.8, 4) is 36.2 Å². The van der Waals surface area contributed by atoms with Crippen molar-refractivity contribution in [1.82, 2.24) is 0 Å². The van der Waals surface area contributed by atoms with Crippen molar-refractivity contribution in [3.05, 3.63) is 58.7 Å². The Hall–Kier alpha value is -3.90. The summed E-state index contributed by atoms with van der Waals surface area (Å²) in [6, 6.07) is 8.84. The lowest BCUT2D eigenvalue weighted by Crippen LogP contribution is -2.23. The summed E-state index contributed by atoms with van der Waals surface area (Å²) in [7, 11) is 0. The summed E-state index contributed by atoms with van der Waals surface area (Å²) in [5, 5.41) is 18.8. The summed E-state index contributed by atoms with van der Waals surface area (Å²) < 4.78 is 11.2. The van der Waals surface area contributed by atoms with Crippen LogP contribution in [-0.4, -0.2) is 35.4 Å². The maximum absolute atomic E-state index is 11.5. The van der Waals surface area contributed by atoms with E-state index in [0.717, 1.165) is 0 Å². The predicted molar refractivity (Wildman–Crippen MR) is 108 cm³/mol. The van der Waals surface area contributed by atoms with Gasteiger partial charge < -0.3 is 19.7 Å². The molecular weight excluding hydrogens is 372 g/mol. The number of rotatable bonds is 8. The molecule has 0 saturated carbocycles. The van der Waals surface area contributed by atoms with Crippen LogP contribution in [0.3, 0.4) is 0 Å². The minimum Gasteiger partial charge on any atom is -0.481 e. The fourth-order valence-corrected chi connectivity index (χ4v) is 2.94. The molecular formula is C23H20O6. The van der Waals surface area contributed by atoms with Crippen LogP contribution in [-0.2, 0) is 5.41 Å². The highest BCUT2D eigenvalue weighted by atomic mass is 16.5. The number of hydrogen-bond acceptors (Lipinski definition) is 4. The molecule has 0 bridgehead atoms. The highest BCUT2D eigenvalue weighted by Crippen LogP contribution is 2.42. The molecule has 2 rings (SSSR count). The van der Waals surface area contributed by atoms with Gasteiger partial charge in [-0.3, -0.25) is 0 Å². The Morgan fingerprint density at radius 2 is 1.24 bits per heavy atom. The summed E-state index contributed by atoms with van der Waals surface area (Å²) in [5.74, 6) is 3.32. The summed E-state index contributed by atoms with van der Waals surface area (Å²) in [4.78, 5) is 23.0. The zero-order valence-corrected chi connectivity index (χ0v) is 16.1. The smallest absolute Gasteiger partial charge is 0.335 e. The van der Waals surface area contributed by atoms with E-state index in [-0.39, 0.29) is 24.3 Å². The Morgan fingerprint density at radius 1 is 0.862 bits per heavy atom. The SMILES string of the molecule is C#CCOc1ccc(C(=O)O)cc1C(C)(C)c1cc(C(=O)O)ccc1OCC#C. The second-order valence-electron chi connectivity index (χ2n) is 6.64. The second kappa shape index (κ2) is 8.86. The summed E-state index contributed by atoms with van der Waals surface area (Å²) in [5.41, 5.74) is 0.245. The normalized spacial score (nSPS) is 10.5. The molecule has 0 radical (unpaired) electrons. The van der Waals surface area contributed by atoms with E-state index in [0.29, 0.717) is 22.6 Å². The van der Waals surface area contributed by atoms with Gasteiger partial charge in [-0.2, -0.15) is 0 Å². The van der Waals surface area contributed by atoms with Gasteiger partial charge >= 0.3 is 11.9 Å². The third-order valence-corrected chi connectivity index (χ3v) is 4.42. The third kappa shape index (κ3) is 4.69. The van der Waals surface area contributed by atoms with Crippen LogP contribution in [0.15, 0.2) is 36.4 Å². The van der Waals surface area contributed by atoms with Crippen LogP contribution in [0.25, 0.3) is 0 Å². The number of carbonyl (C=O) groups is 2. The molecule has 2 aromatic rings. The van der Waals surface area contributed by atoms with Gasteiger partial charge in [0.2, 0.25) is 0 Å². The van der Waals surface area contributed by atoms with Crippen LogP contribution in [0.1, 0.15) is 45.7 Å². The van der Waals surface area contributed by atoms with Crippen LogP contribution in [0.4, 0.5) is 0 Å². The van der Waals surface area contributed by atoms with E-state index in [1.807, 2.05) is 0 Å². The van der Waals surface area contributed by atoms with E-state index in [9.17, 15) is 19.8 Å². The van der Waals surface area contributed by atoms with Crippen LogP contribution < -0.4 is 9.47 Å². The lowest BCUT2D eigenvalue weighted by atomic mass is 9.76.